The van der Waals surface area contributed by atoms with E-state index in [2.05, 4.69) is 10.3 Å². The number of carbonyl (C=O) groups excluding carboxylic acids is 1. The Labute approximate surface area is 191 Å². The maximum atomic E-state index is 13.5. The highest BCUT2D eigenvalue weighted by atomic mass is 35.5. The van der Waals surface area contributed by atoms with Crippen molar-refractivity contribution >= 4 is 23.2 Å². The van der Waals surface area contributed by atoms with Crippen LogP contribution in [0.2, 0.25) is 5.02 Å². The van der Waals surface area contributed by atoms with E-state index in [9.17, 15) is 4.79 Å². The van der Waals surface area contributed by atoms with Gasteiger partial charge in [-0.1, -0.05) is 23.7 Å². The van der Waals surface area contributed by atoms with Crippen LogP contribution in [-0.2, 0) is 13.1 Å². The molecule has 1 amide bonds. The van der Waals surface area contributed by atoms with Crippen molar-refractivity contribution in [1.29, 1.82) is 0 Å². The number of para-hydroxylation sites is 1. The largest absolute Gasteiger partial charge is 0.489 e. The van der Waals surface area contributed by atoms with E-state index in [1.165, 1.54) is 12.8 Å². The van der Waals surface area contributed by atoms with Gasteiger partial charge in [-0.3, -0.25) is 4.79 Å². The van der Waals surface area contributed by atoms with Crippen LogP contribution in [-0.4, -0.2) is 43.6 Å². The maximum absolute atomic E-state index is 13.5. The second kappa shape index (κ2) is 7.46. The minimum absolute atomic E-state index is 0.0314. The molecule has 3 aliphatic rings. The molecular formula is C24H26ClN5O2. The van der Waals surface area contributed by atoms with Crippen molar-refractivity contribution in [3.05, 3.63) is 57.5 Å². The Bertz CT molecular complexity index is 1230. The van der Waals surface area contributed by atoms with E-state index in [1.807, 2.05) is 43.0 Å². The van der Waals surface area contributed by atoms with Crippen LogP contribution in [0.5, 0.6) is 5.75 Å². The van der Waals surface area contributed by atoms with Crippen molar-refractivity contribution in [3.63, 3.8) is 0 Å². The first kappa shape index (κ1) is 20.0. The minimum Gasteiger partial charge on any atom is -0.489 e. The maximum Gasteiger partial charge on any atom is 0.258 e. The third-order valence-electron chi connectivity index (χ3n) is 7.08. The van der Waals surface area contributed by atoms with Gasteiger partial charge in [0.25, 0.3) is 5.91 Å². The fourth-order valence-corrected chi connectivity index (χ4v) is 5.58. The van der Waals surface area contributed by atoms with Crippen molar-refractivity contribution in [2.24, 2.45) is 0 Å². The van der Waals surface area contributed by atoms with Gasteiger partial charge in [0, 0.05) is 17.6 Å². The van der Waals surface area contributed by atoms with Crippen LogP contribution in [0.15, 0.2) is 24.3 Å². The van der Waals surface area contributed by atoms with Gasteiger partial charge in [-0.15, -0.1) is 0 Å². The lowest BCUT2D eigenvalue weighted by molar-refractivity contribution is 0.0737. The zero-order valence-electron chi connectivity index (χ0n) is 18.3. The molecule has 7 nitrogen and oxygen atoms in total. The number of amides is 1. The molecule has 0 aliphatic carbocycles. The van der Waals surface area contributed by atoms with Crippen molar-refractivity contribution in [3.8, 4) is 5.75 Å². The number of hydrogen-bond acceptors (Lipinski definition) is 5. The number of rotatable bonds is 3. The molecule has 32 heavy (non-hydrogen) atoms. The van der Waals surface area contributed by atoms with Gasteiger partial charge in [-0.2, -0.15) is 5.10 Å². The van der Waals surface area contributed by atoms with Gasteiger partial charge >= 0.3 is 0 Å². The van der Waals surface area contributed by atoms with Crippen LogP contribution < -0.4 is 10.1 Å². The molecule has 0 radical (unpaired) electrons. The van der Waals surface area contributed by atoms with Gasteiger partial charge in [0.05, 0.1) is 40.8 Å². The number of fused-ring (bicyclic) bond motifs is 5. The van der Waals surface area contributed by atoms with Gasteiger partial charge in [-0.25, -0.2) is 9.50 Å². The lowest BCUT2D eigenvalue weighted by atomic mass is 10.0. The molecule has 3 aromatic rings. The fourth-order valence-electron chi connectivity index (χ4n) is 5.45. The van der Waals surface area contributed by atoms with Crippen LogP contribution >= 0.6 is 11.6 Å². The monoisotopic (exact) mass is 451 g/mol. The summed E-state index contributed by atoms with van der Waals surface area (Å²) in [7, 11) is 0. The predicted octanol–water partition coefficient (Wildman–Crippen LogP) is 3.82. The quantitative estimate of drug-likeness (QED) is 0.655. The third kappa shape index (κ3) is 3.18. The highest BCUT2D eigenvalue weighted by molar-refractivity contribution is 6.31. The molecule has 0 saturated carbocycles. The molecule has 6 rings (SSSR count). The van der Waals surface area contributed by atoms with Crippen molar-refractivity contribution in [2.75, 3.05) is 0 Å². The summed E-state index contributed by atoms with van der Waals surface area (Å²) >= 11 is 6.35. The highest BCUT2D eigenvalue weighted by Crippen LogP contribution is 2.33. The first-order valence-corrected chi connectivity index (χ1v) is 11.7. The molecule has 1 N–H and O–H groups in total. The Morgan fingerprint density at radius 1 is 1.16 bits per heavy atom. The van der Waals surface area contributed by atoms with Gasteiger partial charge in [0.15, 0.2) is 5.65 Å². The fraction of sp³-hybridized carbons (Fsp3) is 0.458. The smallest absolute Gasteiger partial charge is 0.258 e. The van der Waals surface area contributed by atoms with E-state index < -0.39 is 0 Å². The number of aromatic nitrogens is 3. The number of piperidine rings is 1. The number of hydrogen-bond donors (Lipinski definition) is 1. The minimum atomic E-state index is -0.0314. The summed E-state index contributed by atoms with van der Waals surface area (Å²) in [5.41, 5.74) is 4.92. The number of carbonyl (C=O) groups is 1. The molecule has 8 heteroatoms. The lowest BCUT2D eigenvalue weighted by Gasteiger charge is -2.30. The topological polar surface area (TPSA) is 71.8 Å². The number of nitrogens with zero attached hydrogens (tertiary/aromatic N) is 4. The average Bonchev–Trinajstić information content (AvgIpc) is 3.45. The molecule has 5 heterocycles. The van der Waals surface area contributed by atoms with Crippen LogP contribution in [0.25, 0.3) is 5.65 Å². The van der Waals surface area contributed by atoms with Crippen LogP contribution in [0.4, 0.5) is 0 Å². The Balaban J connectivity index is 1.25. The molecule has 0 spiro atoms. The van der Waals surface area contributed by atoms with Gasteiger partial charge < -0.3 is 15.0 Å². The summed E-state index contributed by atoms with van der Waals surface area (Å²) in [6.07, 6.45) is 4.59. The number of aryl methyl sites for hydroxylation is 2. The van der Waals surface area contributed by atoms with E-state index in [4.69, 9.17) is 21.4 Å². The average molecular weight is 452 g/mol. The third-order valence-corrected chi connectivity index (χ3v) is 7.63. The number of halogens is 1. The van der Waals surface area contributed by atoms with Crippen molar-refractivity contribution in [1.82, 2.24) is 24.8 Å². The summed E-state index contributed by atoms with van der Waals surface area (Å²) in [5, 5.41) is 8.97. The number of nitrogens with one attached hydrogen (secondary N) is 1. The summed E-state index contributed by atoms with van der Waals surface area (Å²) in [4.78, 5) is 20.0. The van der Waals surface area contributed by atoms with E-state index >= 15 is 0 Å². The molecule has 2 fully saturated rings. The first-order valence-electron chi connectivity index (χ1n) is 11.3. The van der Waals surface area contributed by atoms with E-state index in [1.54, 1.807) is 4.52 Å². The number of benzene rings is 1. The summed E-state index contributed by atoms with van der Waals surface area (Å²) in [6, 6.07) is 8.70. The van der Waals surface area contributed by atoms with Crippen LogP contribution in [0, 0.1) is 13.8 Å². The Hall–Kier alpha value is -2.64. The van der Waals surface area contributed by atoms with Crippen LogP contribution in [0.1, 0.15) is 58.7 Å². The SMILES string of the molecule is Cc1nc2c3c(nn2c(C)c1Cl)CN(C(=O)c1ccccc1O[C@H]1C[C@H]2CC[C@@H](C1)N2)C3. The lowest BCUT2D eigenvalue weighted by Crippen LogP contribution is -2.42. The first-order chi connectivity index (χ1) is 15.5. The molecule has 2 bridgehead atoms. The Morgan fingerprint density at radius 2 is 1.91 bits per heavy atom. The molecule has 3 atom stereocenters. The summed E-state index contributed by atoms with van der Waals surface area (Å²) in [5.74, 6) is 0.648. The normalized spacial score (nSPS) is 24.2. The molecule has 2 saturated heterocycles. The van der Waals surface area contributed by atoms with E-state index in [0.29, 0.717) is 41.5 Å². The molecule has 3 aliphatic heterocycles. The van der Waals surface area contributed by atoms with E-state index in [-0.39, 0.29) is 12.0 Å². The highest BCUT2D eigenvalue weighted by Gasteiger charge is 2.36. The van der Waals surface area contributed by atoms with E-state index in [0.717, 1.165) is 41.1 Å². The summed E-state index contributed by atoms with van der Waals surface area (Å²) < 4.78 is 8.18. The molecular weight excluding hydrogens is 426 g/mol. The van der Waals surface area contributed by atoms with Crippen LogP contribution in [0.3, 0.4) is 0 Å². The molecule has 2 aromatic heterocycles. The molecule has 1 aromatic carbocycles. The molecule has 0 unspecified atom stereocenters. The van der Waals surface area contributed by atoms with Crippen molar-refractivity contribution in [2.45, 2.75) is 70.8 Å². The second-order valence-corrected chi connectivity index (χ2v) is 9.64. The Kier molecular flexibility index (Phi) is 4.66. The van der Waals surface area contributed by atoms with Gasteiger partial charge in [0.1, 0.15) is 11.9 Å². The van der Waals surface area contributed by atoms with Gasteiger partial charge in [0.2, 0.25) is 0 Å². The number of ether oxygens (including phenoxy) is 1. The molecule has 166 valence electrons. The van der Waals surface area contributed by atoms with Crippen molar-refractivity contribution < 1.29 is 9.53 Å². The zero-order valence-corrected chi connectivity index (χ0v) is 19.0. The standard InChI is InChI=1S/C24H26ClN5O2/c1-13-22(25)14(2)30-23(26-13)19-11-29(12-20(19)28-30)24(31)18-5-3-4-6-21(18)32-17-9-15-7-8-16(10-17)27-15/h3-6,15-17,27H,7-12H2,1-2H3/t15-,16+,17+. The summed E-state index contributed by atoms with van der Waals surface area (Å²) in [6.45, 7) is 4.78. The van der Waals surface area contributed by atoms with Gasteiger partial charge in [-0.05, 0) is 51.7 Å². The predicted molar refractivity (Wildman–Crippen MR) is 121 cm³/mol. The Morgan fingerprint density at radius 3 is 2.69 bits per heavy atom. The zero-order chi connectivity index (χ0) is 22.0. The second-order valence-electron chi connectivity index (χ2n) is 9.26.